The van der Waals surface area contributed by atoms with E-state index in [-0.39, 0.29) is 16.3 Å². The first kappa shape index (κ1) is 17.4. The van der Waals surface area contributed by atoms with Crippen molar-refractivity contribution >= 4 is 21.6 Å². The number of aromatic nitrogens is 2. The molecule has 0 aliphatic carbocycles. The molecule has 1 aromatic carbocycles. The number of hydrazine groups is 1. The molecule has 0 atom stereocenters. The van der Waals surface area contributed by atoms with Crippen molar-refractivity contribution in [1.82, 2.24) is 20.2 Å². The Balaban J connectivity index is 2.28. The van der Waals surface area contributed by atoms with Gasteiger partial charge in [-0.2, -0.15) is 0 Å². The van der Waals surface area contributed by atoms with Crippen LogP contribution in [0.2, 0.25) is 0 Å². The van der Waals surface area contributed by atoms with E-state index in [1.54, 1.807) is 6.92 Å². The van der Waals surface area contributed by atoms with Gasteiger partial charge in [-0.3, -0.25) is 25.3 Å². The molecular weight excluding hydrogens is 338 g/mol. The summed E-state index contributed by atoms with van der Waals surface area (Å²) in [5, 5.41) is 10.9. The van der Waals surface area contributed by atoms with Crippen LogP contribution in [0.3, 0.4) is 0 Å². The first-order valence-corrected chi connectivity index (χ1v) is 8.04. The summed E-state index contributed by atoms with van der Waals surface area (Å²) in [5.74, 6) is -0.813. The molecule has 1 heterocycles. The molecule has 0 fully saturated rings. The van der Waals surface area contributed by atoms with Crippen molar-refractivity contribution in [2.24, 2.45) is 0 Å². The molecule has 0 aliphatic heterocycles. The summed E-state index contributed by atoms with van der Waals surface area (Å²) in [6.45, 7) is 3.07. The highest BCUT2D eigenvalue weighted by atomic mass is 32.2. The molecule has 2 rings (SSSR count). The van der Waals surface area contributed by atoms with Crippen LogP contribution in [-0.2, 0) is 10.0 Å². The van der Waals surface area contributed by atoms with Crippen molar-refractivity contribution in [3.05, 3.63) is 57.7 Å². The molecule has 0 spiro atoms. The number of carbonyl (C=O) groups excluding carboxylic acids is 1. The number of amides is 1. The summed E-state index contributed by atoms with van der Waals surface area (Å²) in [6, 6.07) is 2.20. The van der Waals surface area contributed by atoms with Gasteiger partial charge in [0.1, 0.15) is 5.69 Å². The normalized spacial score (nSPS) is 11.1. The number of nitrogens with one attached hydrogen (secondary N) is 2. The second kappa shape index (κ2) is 6.68. The number of rotatable bonds is 5. The van der Waals surface area contributed by atoms with Gasteiger partial charge < -0.3 is 0 Å². The van der Waals surface area contributed by atoms with Gasteiger partial charge in [0.05, 0.1) is 16.0 Å². The van der Waals surface area contributed by atoms with E-state index in [4.69, 9.17) is 0 Å². The Bertz CT molecular complexity index is 898. The van der Waals surface area contributed by atoms with Crippen molar-refractivity contribution in [2.75, 3.05) is 0 Å². The highest BCUT2D eigenvalue weighted by Crippen LogP contribution is 2.24. The Morgan fingerprint density at radius 2 is 1.96 bits per heavy atom. The summed E-state index contributed by atoms with van der Waals surface area (Å²) in [7, 11) is -4.21. The third-order valence-electron chi connectivity index (χ3n) is 3.20. The van der Waals surface area contributed by atoms with Crippen molar-refractivity contribution in [3.63, 3.8) is 0 Å². The number of non-ortho nitro benzene ring substituents is 1. The first-order valence-electron chi connectivity index (χ1n) is 6.56. The number of carbonyl (C=O) groups is 1. The Morgan fingerprint density at radius 1 is 1.25 bits per heavy atom. The second-order valence-electron chi connectivity index (χ2n) is 4.79. The van der Waals surface area contributed by atoms with E-state index >= 15 is 0 Å². The lowest BCUT2D eigenvalue weighted by molar-refractivity contribution is -0.385. The van der Waals surface area contributed by atoms with Crippen LogP contribution in [0, 0.1) is 24.0 Å². The van der Waals surface area contributed by atoms with Crippen molar-refractivity contribution in [1.29, 1.82) is 0 Å². The lowest BCUT2D eigenvalue weighted by atomic mass is 10.1. The smallest absolute Gasteiger partial charge is 0.272 e. The Morgan fingerprint density at radius 3 is 2.54 bits per heavy atom. The molecular formula is C13H13N5O5S. The standard InChI is InChI=1S/C13H13N5O5S/c1-8-5-10(18(20)21)6-12(9(8)2)24(22,23)17-16-13(19)11-7-14-3-4-15-11/h3-7,17H,1-2H3,(H,16,19). The highest BCUT2D eigenvalue weighted by Gasteiger charge is 2.23. The first-order chi connectivity index (χ1) is 11.2. The topological polar surface area (TPSA) is 144 Å². The fraction of sp³-hybridized carbons (Fsp3) is 0.154. The summed E-state index contributed by atoms with van der Waals surface area (Å²) in [5.41, 5.74) is 2.30. The zero-order valence-corrected chi connectivity index (χ0v) is 13.5. The molecule has 0 unspecified atom stereocenters. The van der Waals surface area contributed by atoms with Crippen molar-refractivity contribution in [2.45, 2.75) is 18.7 Å². The van der Waals surface area contributed by atoms with E-state index in [0.29, 0.717) is 11.1 Å². The summed E-state index contributed by atoms with van der Waals surface area (Å²) in [6.07, 6.45) is 3.79. The van der Waals surface area contributed by atoms with E-state index in [2.05, 4.69) is 9.97 Å². The van der Waals surface area contributed by atoms with Crippen molar-refractivity contribution in [3.8, 4) is 0 Å². The molecule has 2 N–H and O–H groups in total. The molecule has 24 heavy (non-hydrogen) atoms. The summed E-state index contributed by atoms with van der Waals surface area (Å²) in [4.78, 5) is 31.0. The molecule has 0 bridgehead atoms. The molecule has 11 heteroatoms. The predicted molar refractivity (Wildman–Crippen MR) is 82.4 cm³/mol. The SMILES string of the molecule is Cc1cc([N+](=O)[O-])cc(S(=O)(=O)NNC(=O)c2cnccn2)c1C. The number of sulfonamides is 1. The molecule has 2 aromatic rings. The van der Waals surface area contributed by atoms with Crippen LogP contribution in [0.1, 0.15) is 21.6 Å². The summed E-state index contributed by atoms with van der Waals surface area (Å²) < 4.78 is 24.7. The number of aryl methyl sites for hydroxylation is 1. The van der Waals surface area contributed by atoms with Crippen LogP contribution < -0.4 is 10.3 Å². The van der Waals surface area contributed by atoms with Crippen LogP contribution >= 0.6 is 0 Å². The van der Waals surface area contributed by atoms with Crippen LogP contribution in [-0.4, -0.2) is 29.2 Å². The maximum atomic E-state index is 12.3. The fourth-order valence-corrected chi connectivity index (χ4v) is 3.02. The molecule has 0 aliphatic rings. The van der Waals surface area contributed by atoms with Crippen LogP contribution in [0.15, 0.2) is 35.6 Å². The van der Waals surface area contributed by atoms with Gasteiger partial charge in [-0.05, 0) is 25.0 Å². The van der Waals surface area contributed by atoms with Crippen LogP contribution in [0.25, 0.3) is 0 Å². The number of nitro groups is 1. The second-order valence-corrected chi connectivity index (χ2v) is 6.44. The number of nitro benzene ring substituents is 1. The molecule has 0 radical (unpaired) electrons. The number of hydrogen-bond donors (Lipinski definition) is 2. The Hall–Kier alpha value is -2.92. The van der Waals surface area contributed by atoms with Gasteiger partial charge >= 0.3 is 0 Å². The number of benzene rings is 1. The Kier molecular flexibility index (Phi) is 4.85. The third kappa shape index (κ3) is 3.70. The van der Waals surface area contributed by atoms with Gasteiger partial charge in [0.25, 0.3) is 21.6 Å². The average molecular weight is 351 g/mol. The third-order valence-corrected chi connectivity index (χ3v) is 4.57. The van der Waals surface area contributed by atoms with E-state index in [1.807, 2.05) is 10.3 Å². The molecule has 0 saturated carbocycles. The molecule has 10 nitrogen and oxygen atoms in total. The lowest BCUT2D eigenvalue weighted by Gasteiger charge is -2.11. The minimum atomic E-state index is -4.21. The maximum Gasteiger partial charge on any atom is 0.286 e. The van der Waals surface area contributed by atoms with Gasteiger partial charge in [-0.1, -0.05) is 0 Å². The lowest BCUT2D eigenvalue weighted by Crippen LogP contribution is -2.42. The van der Waals surface area contributed by atoms with Gasteiger partial charge in [0.2, 0.25) is 0 Å². The maximum absolute atomic E-state index is 12.3. The van der Waals surface area contributed by atoms with Crippen LogP contribution in [0.5, 0.6) is 0 Å². The van der Waals surface area contributed by atoms with Crippen LogP contribution in [0.4, 0.5) is 5.69 Å². The van der Waals surface area contributed by atoms with Gasteiger partial charge in [0.15, 0.2) is 0 Å². The minimum absolute atomic E-state index is 0.0906. The molecule has 1 aromatic heterocycles. The quantitative estimate of drug-likeness (QED) is 0.593. The molecule has 126 valence electrons. The largest absolute Gasteiger partial charge is 0.286 e. The van der Waals surface area contributed by atoms with E-state index in [1.165, 1.54) is 25.4 Å². The van der Waals surface area contributed by atoms with Gasteiger partial charge in [-0.25, -0.2) is 13.4 Å². The molecule has 1 amide bonds. The number of nitrogens with zero attached hydrogens (tertiary/aromatic N) is 3. The van der Waals surface area contributed by atoms with Crippen molar-refractivity contribution < 1.29 is 18.1 Å². The minimum Gasteiger partial charge on any atom is -0.272 e. The highest BCUT2D eigenvalue weighted by molar-refractivity contribution is 7.89. The van der Waals surface area contributed by atoms with Gasteiger partial charge in [0, 0.05) is 24.5 Å². The van der Waals surface area contributed by atoms with E-state index < -0.39 is 20.9 Å². The van der Waals surface area contributed by atoms with Gasteiger partial charge in [-0.15, -0.1) is 4.83 Å². The Labute approximate surface area is 137 Å². The number of hydrogen-bond acceptors (Lipinski definition) is 7. The monoisotopic (exact) mass is 351 g/mol. The predicted octanol–water partition coefficient (Wildman–Crippen LogP) is 0.625. The average Bonchev–Trinajstić information content (AvgIpc) is 2.55. The fourth-order valence-electron chi connectivity index (χ4n) is 1.84. The summed E-state index contributed by atoms with van der Waals surface area (Å²) >= 11 is 0. The molecule has 0 saturated heterocycles. The van der Waals surface area contributed by atoms with E-state index in [9.17, 15) is 23.3 Å². The zero-order valence-electron chi connectivity index (χ0n) is 12.7. The zero-order chi connectivity index (χ0) is 17.9. The van der Waals surface area contributed by atoms with E-state index in [0.717, 1.165) is 12.3 Å².